The van der Waals surface area contributed by atoms with Gasteiger partial charge in [0.05, 0.1) is 5.01 Å². The zero-order valence-corrected chi connectivity index (χ0v) is 6.19. The molecule has 0 saturated heterocycles. The third-order valence-electron chi connectivity index (χ3n) is 0.980. The maximum absolute atomic E-state index is 5.55. The van der Waals surface area contributed by atoms with Crippen LogP contribution in [0.5, 0.6) is 0 Å². The molecule has 0 amide bonds. The van der Waals surface area contributed by atoms with E-state index in [9.17, 15) is 0 Å². The number of nitrogens with two attached hydrogens (primary N) is 1. The van der Waals surface area contributed by atoms with Crippen LogP contribution in [0.2, 0.25) is 0 Å². The monoisotopic (exact) mass is 142 g/mol. The lowest BCUT2D eigenvalue weighted by atomic mass is 10.3. The number of aromatic nitrogens is 1. The van der Waals surface area contributed by atoms with Crippen LogP contribution in [-0.4, -0.2) is 11.0 Å². The fourth-order valence-electron chi connectivity index (χ4n) is 0.629. The average Bonchev–Trinajstić information content (AvgIpc) is 2.15. The number of nitrogens with zero attached hydrogens (tertiary/aromatic N) is 1. The molecule has 9 heavy (non-hydrogen) atoms. The molecule has 1 aromatic rings. The summed E-state index contributed by atoms with van der Waals surface area (Å²) < 4.78 is 0. The van der Waals surface area contributed by atoms with Gasteiger partial charge in [-0.1, -0.05) is 0 Å². The molecule has 0 aliphatic heterocycles. The molecule has 0 saturated carbocycles. The second-order valence-electron chi connectivity index (χ2n) is 2.11. The Morgan fingerprint density at radius 1 is 1.89 bits per heavy atom. The molecule has 1 heterocycles. The number of thiazole rings is 1. The highest BCUT2D eigenvalue weighted by Crippen LogP contribution is 2.05. The summed E-state index contributed by atoms with van der Waals surface area (Å²) in [5.74, 6) is 0. The van der Waals surface area contributed by atoms with E-state index in [1.807, 2.05) is 18.5 Å². The fourth-order valence-corrected chi connectivity index (χ4v) is 1.39. The lowest BCUT2D eigenvalue weighted by molar-refractivity contribution is 0.734. The molecule has 0 bridgehead atoms. The maximum atomic E-state index is 5.55. The average molecular weight is 142 g/mol. The summed E-state index contributed by atoms with van der Waals surface area (Å²) in [7, 11) is 0. The van der Waals surface area contributed by atoms with Gasteiger partial charge in [-0.25, -0.2) is 4.98 Å². The van der Waals surface area contributed by atoms with Crippen molar-refractivity contribution in [3.8, 4) is 0 Å². The predicted octanol–water partition coefficient (Wildman–Crippen LogP) is 1.03. The molecule has 1 atom stereocenters. The second-order valence-corrected chi connectivity index (χ2v) is 3.09. The van der Waals surface area contributed by atoms with E-state index in [4.69, 9.17) is 5.73 Å². The molecule has 0 fully saturated rings. The second kappa shape index (κ2) is 2.94. The predicted molar refractivity (Wildman–Crippen MR) is 39.5 cm³/mol. The Morgan fingerprint density at radius 2 is 2.67 bits per heavy atom. The summed E-state index contributed by atoms with van der Waals surface area (Å²) in [6, 6.07) is 0.233. The van der Waals surface area contributed by atoms with Gasteiger partial charge in [-0.15, -0.1) is 11.3 Å². The lowest BCUT2D eigenvalue weighted by Crippen LogP contribution is -2.17. The van der Waals surface area contributed by atoms with Crippen LogP contribution in [0.25, 0.3) is 0 Å². The van der Waals surface area contributed by atoms with Crippen LogP contribution in [-0.2, 0) is 6.42 Å². The molecule has 0 spiro atoms. The quantitative estimate of drug-likeness (QED) is 0.670. The highest BCUT2D eigenvalue weighted by molar-refractivity contribution is 7.09. The summed E-state index contributed by atoms with van der Waals surface area (Å²) >= 11 is 1.66. The zero-order chi connectivity index (χ0) is 6.69. The Hall–Kier alpha value is -0.410. The minimum atomic E-state index is 0.233. The van der Waals surface area contributed by atoms with Crippen molar-refractivity contribution in [2.45, 2.75) is 19.4 Å². The van der Waals surface area contributed by atoms with E-state index in [2.05, 4.69) is 4.98 Å². The summed E-state index contributed by atoms with van der Waals surface area (Å²) in [6.45, 7) is 1.99. The van der Waals surface area contributed by atoms with Crippen molar-refractivity contribution < 1.29 is 0 Å². The third kappa shape index (κ3) is 2.11. The lowest BCUT2D eigenvalue weighted by Gasteiger charge is -1.98. The molecule has 1 aromatic heterocycles. The molecule has 1 rings (SSSR count). The van der Waals surface area contributed by atoms with Crippen LogP contribution in [0.4, 0.5) is 0 Å². The number of hydrogen-bond donors (Lipinski definition) is 1. The molecule has 0 aliphatic carbocycles. The minimum absolute atomic E-state index is 0.233. The molecule has 3 heteroatoms. The first-order valence-corrected chi connectivity index (χ1v) is 3.81. The molecule has 0 aromatic carbocycles. The van der Waals surface area contributed by atoms with E-state index in [-0.39, 0.29) is 6.04 Å². The zero-order valence-electron chi connectivity index (χ0n) is 5.37. The Bertz CT molecular complexity index is 158. The molecular weight excluding hydrogens is 132 g/mol. The normalized spacial score (nSPS) is 13.6. The molecule has 2 N–H and O–H groups in total. The van der Waals surface area contributed by atoms with E-state index >= 15 is 0 Å². The fraction of sp³-hybridized carbons (Fsp3) is 0.500. The molecule has 2 nitrogen and oxygen atoms in total. The van der Waals surface area contributed by atoms with E-state index in [0.717, 1.165) is 11.4 Å². The highest BCUT2D eigenvalue weighted by atomic mass is 32.1. The van der Waals surface area contributed by atoms with E-state index in [1.165, 1.54) is 0 Å². The Kier molecular flexibility index (Phi) is 2.19. The molecule has 50 valence electrons. The van der Waals surface area contributed by atoms with Crippen LogP contribution in [0, 0.1) is 0 Å². The summed E-state index contributed by atoms with van der Waals surface area (Å²) in [5, 5.41) is 3.10. The van der Waals surface area contributed by atoms with Crippen molar-refractivity contribution >= 4 is 11.3 Å². The number of rotatable bonds is 2. The highest BCUT2D eigenvalue weighted by Gasteiger charge is 1.97. The van der Waals surface area contributed by atoms with Crippen molar-refractivity contribution in [3.05, 3.63) is 16.6 Å². The van der Waals surface area contributed by atoms with Gasteiger partial charge >= 0.3 is 0 Å². The molecule has 0 unspecified atom stereocenters. The van der Waals surface area contributed by atoms with Crippen molar-refractivity contribution in [2.24, 2.45) is 5.73 Å². The Balaban J connectivity index is 2.48. The molecule has 0 aliphatic rings. The SMILES string of the molecule is C[C@@H](N)Cc1nccs1. The van der Waals surface area contributed by atoms with E-state index < -0.39 is 0 Å². The first-order chi connectivity index (χ1) is 4.29. The van der Waals surface area contributed by atoms with Crippen molar-refractivity contribution in [2.75, 3.05) is 0 Å². The van der Waals surface area contributed by atoms with Gasteiger partial charge in [0, 0.05) is 24.0 Å². The van der Waals surface area contributed by atoms with Crippen LogP contribution in [0.1, 0.15) is 11.9 Å². The van der Waals surface area contributed by atoms with E-state index in [1.54, 1.807) is 11.3 Å². The smallest absolute Gasteiger partial charge is 0.0940 e. The van der Waals surface area contributed by atoms with Crippen LogP contribution < -0.4 is 5.73 Å². The first kappa shape index (κ1) is 6.71. The van der Waals surface area contributed by atoms with Crippen LogP contribution in [0.15, 0.2) is 11.6 Å². The maximum Gasteiger partial charge on any atom is 0.0940 e. The van der Waals surface area contributed by atoms with Gasteiger partial charge in [0.2, 0.25) is 0 Å². The summed E-state index contributed by atoms with van der Waals surface area (Å²) in [4.78, 5) is 4.09. The van der Waals surface area contributed by atoms with Crippen LogP contribution >= 0.6 is 11.3 Å². The van der Waals surface area contributed by atoms with Crippen molar-refractivity contribution in [1.29, 1.82) is 0 Å². The van der Waals surface area contributed by atoms with Gasteiger partial charge < -0.3 is 5.73 Å². The van der Waals surface area contributed by atoms with Crippen molar-refractivity contribution in [1.82, 2.24) is 4.98 Å². The van der Waals surface area contributed by atoms with Gasteiger partial charge in [-0.05, 0) is 6.92 Å². The first-order valence-electron chi connectivity index (χ1n) is 2.93. The molecular formula is C6H10N2S. The van der Waals surface area contributed by atoms with Crippen molar-refractivity contribution in [3.63, 3.8) is 0 Å². The van der Waals surface area contributed by atoms with Gasteiger partial charge in [-0.2, -0.15) is 0 Å². The third-order valence-corrected chi connectivity index (χ3v) is 1.78. The topological polar surface area (TPSA) is 38.9 Å². The Labute approximate surface area is 58.7 Å². The van der Waals surface area contributed by atoms with Gasteiger partial charge in [0.1, 0.15) is 0 Å². The summed E-state index contributed by atoms with van der Waals surface area (Å²) in [5.41, 5.74) is 5.55. The van der Waals surface area contributed by atoms with E-state index in [0.29, 0.717) is 0 Å². The largest absolute Gasteiger partial charge is 0.328 e. The number of hydrogen-bond acceptors (Lipinski definition) is 3. The van der Waals surface area contributed by atoms with Gasteiger partial charge in [-0.3, -0.25) is 0 Å². The molecule has 0 radical (unpaired) electrons. The van der Waals surface area contributed by atoms with Crippen LogP contribution in [0.3, 0.4) is 0 Å². The Morgan fingerprint density at radius 3 is 3.11 bits per heavy atom. The minimum Gasteiger partial charge on any atom is -0.328 e. The van der Waals surface area contributed by atoms with Gasteiger partial charge in [0.25, 0.3) is 0 Å². The summed E-state index contributed by atoms with van der Waals surface area (Å²) in [6.07, 6.45) is 2.71. The van der Waals surface area contributed by atoms with Gasteiger partial charge in [0.15, 0.2) is 0 Å². The standard InChI is InChI=1S/C6H10N2S/c1-5(7)4-6-8-2-3-9-6/h2-3,5H,4,7H2,1H3/t5-/m1/s1.